The maximum atomic E-state index is 13.0. The van der Waals surface area contributed by atoms with Crippen molar-refractivity contribution in [2.45, 2.75) is 25.8 Å². The Labute approximate surface area is 143 Å². The van der Waals surface area contributed by atoms with Gasteiger partial charge in [-0.05, 0) is 42.0 Å². The third-order valence-electron chi connectivity index (χ3n) is 4.61. The van der Waals surface area contributed by atoms with E-state index in [0.717, 1.165) is 18.2 Å². The molecular formula is C19H17NO3S. The molecule has 122 valence electrons. The Kier molecular flexibility index (Phi) is 3.73. The van der Waals surface area contributed by atoms with Gasteiger partial charge in [0.1, 0.15) is 11.1 Å². The molecule has 0 aliphatic carbocycles. The van der Waals surface area contributed by atoms with E-state index in [1.54, 1.807) is 23.5 Å². The van der Waals surface area contributed by atoms with Crippen molar-refractivity contribution in [1.82, 2.24) is 4.90 Å². The first-order chi connectivity index (χ1) is 11.7. The van der Waals surface area contributed by atoms with E-state index in [4.69, 9.17) is 4.42 Å². The van der Waals surface area contributed by atoms with Crippen molar-refractivity contribution in [3.8, 4) is 0 Å². The topological polar surface area (TPSA) is 50.5 Å². The van der Waals surface area contributed by atoms with Crippen LogP contribution in [0.4, 0.5) is 0 Å². The number of thiophene rings is 1. The van der Waals surface area contributed by atoms with Crippen molar-refractivity contribution < 1.29 is 9.21 Å². The highest BCUT2D eigenvalue weighted by molar-refractivity contribution is 7.10. The van der Waals surface area contributed by atoms with Gasteiger partial charge in [0.2, 0.25) is 0 Å². The highest BCUT2D eigenvalue weighted by atomic mass is 32.1. The van der Waals surface area contributed by atoms with E-state index in [0.29, 0.717) is 12.1 Å². The third kappa shape index (κ3) is 2.36. The number of carbonyl (C=O) groups is 1. The summed E-state index contributed by atoms with van der Waals surface area (Å²) in [6, 6.07) is 11.0. The fraction of sp³-hybridized carbons (Fsp3) is 0.263. The average molecular weight is 339 g/mol. The molecule has 0 saturated carbocycles. The number of benzene rings is 1. The minimum atomic E-state index is -0.565. The van der Waals surface area contributed by atoms with Gasteiger partial charge >= 0.3 is 5.63 Å². The lowest BCUT2D eigenvalue weighted by Crippen LogP contribution is -2.41. The predicted molar refractivity (Wildman–Crippen MR) is 94.6 cm³/mol. The van der Waals surface area contributed by atoms with Crippen molar-refractivity contribution in [2.75, 3.05) is 6.54 Å². The molecule has 1 aliphatic rings. The van der Waals surface area contributed by atoms with Crippen LogP contribution in [0.3, 0.4) is 0 Å². The van der Waals surface area contributed by atoms with Crippen LogP contribution in [0.25, 0.3) is 11.0 Å². The zero-order chi connectivity index (χ0) is 16.7. The molecule has 0 N–H and O–H groups in total. The van der Waals surface area contributed by atoms with E-state index < -0.39 is 5.63 Å². The maximum Gasteiger partial charge on any atom is 0.349 e. The quantitative estimate of drug-likeness (QED) is 0.663. The smallest absolute Gasteiger partial charge is 0.349 e. The molecule has 3 aromatic rings. The number of hydrogen-bond acceptors (Lipinski definition) is 4. The summed E-state index contributed by atoms with van der Waals surface area (Å²) in [7, 11) is 0. The molecule has 0 fully saturated rings. The molecule has 4 nitrogen and oxygen atoms in total. The minimum absolute atomic E-state index is 0.0263. The Morgan fingerprint density at radius 1 is 1.33 bits per heavy atom. The lowest BCUT2D eigenvalue weighted by molar-refractivity contribution is 0.0653. The van der Waals surface area contributed by atoms with Crippen LogP contribution in [0.15, 0.2) is 51.0 Å². The van der Waals surface area contributed by atoms with Crippen LogP contribution < -0.4 is 5.63 Å². The van der Waals surface area contributed by atoms with Crippen LogP contribution in [-0.2, 0) is 6.42 Å². The number of para-hydroxylation sites is 1. The van der Waals surface area contributed by atoms with E-state index in [1.165, 1.54) is 10.4 Å². The molecule has 1 aromatic carbocycles. The van der Waals surface area contributed by atoms with E-state index in [2.05, 4.69) is 18.4 Å². The number of hydrogen-bond donors (Lipinski definition) is 0. The van der Waals surface area contributed by atoms with Crippen molar-refractivity contribution in [1.29, 1.82) is 0 Å². The van der Waals surface area contributed by atoms with Gasteiger partial charge < -0.3 is 9.32 Å². The van der Waals surface area contributed by atoms with Crippen molar-refractivity contribution in [3.05, 3.63) is 68.2 Å². The van der Waals surface area contributed by atoms with Crippen LogP contribution >= 0.6 is 11.3 Å². The van der Waals surface area contributed by atoms with Gasteiger partial charge in [0.25, 0.3) is 5.91 Å². The summed E-state index contributed by atoms with van der Waals surface area (Å²) >= 11 is 1.74. The van der Waals surface area contributed by atoms with Crippen molar-refractivity contribution in [2.24, 2.45) is 0 Å². The second-order valence-electron chi connectivity index (χ2n) is 5.96. The van der Waals surface area contributed by atoms with Gasteiger partial charge in [-0.3, -0.25) is 4.79 Å². The lowest BCUT2D eigenvalue weighted by atomic mass is 9.97. The van der Waals surface area contributed by atoms with Crippen LogP contribution in [0, 0.1) is 0 Å². The molecule has 4 rings (SSSR count). The van der Waals surface area contributed by atoms with Crippen LogP contribution in [0.1, 0.15) is 40.2 Å². The van der Waals surface area contributed by atoms with E-state index in [-0.39, 0.29) is 17.5 Å². The van der Waals surface area contributed by atoms with Gasteiger partial charge in [0.05, 0.1) is 6.04 Å². The molecule has 0 spiro atoms. The first-order valence-electron chi connectivity index (χ1n) is 8.09. The highest BCUT2D eigenvalue weighted by Gasteiger charge is 2.32. The molecular weight excluding hydrogens is 322 g/mol. The minimum Gasteiger partial charge on any atom is -0.422 e. The highest BCUT2D eigenvalue weighted by Crippen LogP contribution is 2.35. The van der Waals surface area contributed by atoms with Gasteiger partial charge in [-0.2, -0.15) is 0 Å². The van der Waals surface area contributed by atoms with Gasteiger partial charge in [0, 0.05) is 16.8 Å². The van der Waals surface area contributed by atoms with E-state index >= 15 is 0 Å². The molecule has 24 heavy (non-hydrogen) atoms. The Morgan fingerprint density at radius 2 is 2.17 bits per heavy atom. The molecule has 0 saturated heterocycles. The number of rotatable bonds is 2. The fourth-order valence-electron chi connectivity index (χ4n) is 3.45. The summed E-state index contributed by atoms with van der Waals surface area (Å²) in [4.78, 5) is 28.5. The largest absolute Gasteiger partial charge is 0.422 e. The zero-order valence-electron chi connectivity index (χ0n) is 13.3. The third-order valence-corrected chi connectivity index (χ3v) is 5.61. The molecule has 0 bridgehead atoms. The van der Waals surface area contributed by atoms with Crippen molar-refractivity contribution in [3.63, 3.8) is 0 Å². The summed E-state index contributed by atoms with van der Waals surface area (Å²) in [6.45, 7) is 2.71. The molecule has 2 aromatic heterocycles. The van der Waals surface area contributed by atoms with E-state index in [9.17, 15) is 9.59 Å². The lowest BCUT2D eigenvalue weighted by Gasteiger charge is -2.35. The second kappa shape index (κ2) is 5.91. The summed E-state index contributed by atoms with van der Waals surface area (Å²) < 4.78 is 5.33. The first-order valence-corrected chi connectivity index (χ1v) is 8.97. The Balaban J connectivity index is 1.76. The predicted octanol–water partition coefficient (Wildman–Crippen LogP) is 4.00. The fourth-order valence-corrected chi connectivity index (χ4v) is 4.37. The van der Waals surface area contributed by atoms with Gasteiger partial charge in [0.15, 0.2) is 0 Å². The van der Waals surface area contributed by atoms with Crippen LogP contribution in [0.2, 0.25) is 0 Å². The molecule has 3 heterocycles. The number of amides is 1. The van der Waals surface area contributed by atoms with Gasteiger partial charge in [-0.15, -0.1) is 11.3 Å². The summed E-state index contributed by atoms with van der Waals surface area (Å²) in [5.74, 6) is -0.238. The first kappa shape index (κ1) is 15.1. The van der Waals surface area contributed by atoms with Gasteiger partial charge in [-0.25, -0.2) is 4.79 Å². The normalized spacial score (nSPS) is 17.0. The summed E-state index contributed by atoms with van der Waals surface area (Å²) in [5.41, 5.74) is 1.27. The Bertz CT molecular complexity index is 972. The Hall–Kier alpha value is -2.40. The average Bonchev–Trinajstić information content (AvgIpc) is 3.08. The molecule has 0 radical (unpaired) electrons. The van der Waals surface area contributed by atoms with Crippen LogP contribution in [0.5, 0.6) is 0 Å². The summed E-state index contributed by atoms with van der Waals surface area (Å²) in [6.07, 6.45) is 1.67. The molecule has 1 aliphatic heterocycles. The van der Waals surface area contributed by atoms with E-state index in [1.807, 2.05) is 23.1 Å². The molecule has 1 amide bonds. The molecule has 1 unspecified atom stereocenters. The monoisotopic (exact) mass is 339 g/mol. The van der Waals surface area contributed by atoms with Crippen molar-refractivity contribution >= 4 is 28.2 Å². The maximum absolute atomic E-state index is 13.0. The number of carbonyl (C=O) groups excluding carboxylic acids is 1. The zero-order valence-corrected chi connectivity index (χ0v) is 14.1. The number of nitrogens with zero attached hydrogens (tertiary/aromatic N) is 1. The van der Waals surface area contributed by atoms with Gasteiger partial charge in [-0.1, -0.05) is 25.1 Å². The molecule has 5 heteroatoms. The number of fused-ring (bicyclic) bond motifs is 2. The standard InChI is InChI=1S/C19H17NO3S/c1-2-15-13-8-10-24-17(13)7-9-20(15)18(21)14-11-12-5-3-4-6-16(12)23-19(14)22/h3-6,8,10-11,15H,2,7,9H2,1H3. The second-order valence-corrected chi connectivity index (χ2v) is 6.96. The Morgan fingerprint density at radius 3 is 3.00 bits per heavy atom. The SMILES string of the molecule is CCC1c2ccsc2CCN1C(=O)c1cc2ccccc2oc1=O. The summed E-state index contributed by atoms with van der Waals surface area (Å²) in [5, 5.41) is 2.84. The molecule has 1 atom stereocenters. The van der Waals surface area contributed by atoms with Crippen LogP contribution in [-0.4, -0.2) is 17.4 Å².